The predicted molar refractivity (Wildman–Crippen MR) is 104 cm³/mol. The summed E-state index contributed by atoms with van der Waals surface area (Å²) in [4.78, 5) is 34.2. The van der Waals surface area contributed by atoms with Crippen LogP contribution in [0.4, 0.5) is 0 Å². The van der Waals surface area contributed by atoms with Crippen LogP contribution in [0.5, 0.6) is 0 Å². The molecule has 3 aliphatic heterocycles. The lowest BCUT2D eigenvalue weighted by Gasteiger charge is -2.33. The second-order valence-corrected chi connectivity index (χ2v) is 10.0. The molecule has 0 spiro atoms. The van der Waals surface area contributed by atoms with Crippen LogP contribution < -0.4 is 0 Å². The number of likely N-dealkylation sites (tertiary alicyclic amines) is 1. The normalized spacial score (nSPS) is 31.2. The predicted octanol–water partition coefficient (Wildman–Crippen LogP) is 3.41. The van der Waals surface area contributed by atoms with Gasteiger partial charge in [-0.05, 0) is 38.3 Å². The summed E-state index contributed by atoms with van der Waals surface area (Å²) in [6.45, 7) is 2.87. The fourth-order valence-corrected chi connectivity index (χ4v) is 7.05. The van der Waals surface area contributed by atoms with Crippen LogP contribution in [0.2, 0.25) is 0 Å². The molecule has 3 fully saturated rings. The van der Waals surface area contributed by atoms with Crippen LogP contribution >= 0.6 is 23.1 Å². The topological polar surface area (TPSA) is 53.5 Å². The van der Waals surface area contributed by atoms with Gasteiger partial charge in [-0.3, -0.25) is 9.59 Å². The summed E-state index contributed by atoms with van der Waals surface area (Å²) in [5.41, 5.74) is 1.01. The second-order valence-electron chi connectivity index (χ2n) is 7.48. The van der Waals surface area contributed by atoms with E-state index in [2.05, 4.69) is 13.0 Å². The maximum absolute atomic E-state index is 13.4. The zero-order chi connectivity index (χ0) is 17.9. The smallest absolute Gasteiger partial charge is 0.246 e. The third-order valence-electron chi connectivity index (χ3n) is 5.86. The van der Waals surface area contributed by atoms with E-state index in [1.54, 1.807) is 23.1 Å². The van der Waals surface area contributed by atoms with Crippen LogP contribution in [0.1, 0.15) is 43.7 Å². The van der Waals surface area contributed by atoms with Crippen LogP contribution in [0, 0.1) is 0 Å². The number of thiazole rings is 1. The van der Waals surface area contributed by atoms with Gasteiger partial charge in [-0.1, -0.05) is 12.1 Å². The molecule has 136 valence electrons. The summed E-state index contributed by atoms with van der Waals surface area (Å²) in [5.74, 6) is 0.953. The van der Waals surface area contributed by atoms with Crippen LogP contribution in [0.3, 0.4) is 0 Å². The van der Waals surface area contributed by atoms with Crippen molar-refractivity contribution < 1.29 is 9.59 Å². The van der Waals surface area contributed by atoms with Crippen LogP contribution in [0.15, 0.2) is 24.3 Å². The van der Waals surface area contributed by atoms with Crippen molar-refractivity contribution in [2.45, 2.75) is 49.6 Å². The van der Waals surface area contributed by atoms with Crippen LogP contribution in [0.25, 0.3) is 10.2 Å². The number of fused-ring (bicyclic) bond motifs is 2. The van der Waals surface area contributed by atoms with E-state index in [0.29, 0.717) is 12.2 Å². The Bertz CT molecular complexity index is 865. The minimum Gasteiger partial charge on any atom is -0.331 e. The van der Waals surface area contributed by atoms with E-state index in [1.165, 1.54) is 4.70 Å². The number of hydrogen-bond donors (Lipinski definition) is 0. The molecular weight excluding hydrogens is 366 g/mol. The van der Waals surface area contributed by atoms with Gasteiger partial charge < -0.3 is 9.80 Å². The second kappa shape index (κ2) is 5.96. The lowest BCUT2D eigenvalue weighted by atomic mass is 10.1. The van der Waals surface area contributed by atoms with E-state index in [0.717, 1.165) is 36.3 Å². The average molecular weight is 388 g/mol. The van der Waals surface area contributed by atoms with E-state index in [4.69, 9.17) is 4.98 Å². The molecule has 3 atom stereocenters. The molecule has 0 bridgehead atoms. The Hall–Kier alpha value is -1.60. The van der Waals surface area contributed by atoms with E-state index in [-0.39, 0.29) is 28.8 Å². The number of rotatable bonds is 2. The molecule has 0 saturated carbocycles. The number of amides is 2. The summed E-state index contributed by atoms with van der Waals surface area (Å²) in [7, 11) is 0. The Balaban J connectivity index is 1.43. The Kier molecular flexibility index (Phi) is 3.79. The number of benzene rings is 1. The number of carbonyl (C=O) groups is 2. The minimum absolute atomic E-state index is 0.0504. The number of thioether (sulfide) groups is 1. The van der Waals surface area contributed by atoms with Crippen LogP contribution in [-0.2, 0) is 9.59 Å². The number of hydrogen-bond acceptors (Lipinski definition) is 5. The zero-order valence-electron chi connectivity index (χ0n) is 14.7. The lowest BCUT2D eigenvalue weighted by Crippen LogP contribution is -2.51. The molecule has 5 nitrogen and oxygen atoms in total. The maximum atomic E-state index is 13.4. The molecule has 1 aromatic heterocycles. The van der Waals surface area contributed by atoms with Gasteiger partial charge >= 0.3 is 0 Å². The third kappa shape index (κ3) is 2.40. The largest absolute Gasteiger partial charge is 0.331 e. The molecule has 1 aromatic carbocycles. The van der Waals surface area contributed by atoms with Crippen LogP contribution in [-0.4, -0.2) is 49.8 Å². The molecular formula is C19H21N3O2S2. The summed E-state index contributed by atoms with van der Waals surface area (Å²) in [6.07, 6.45) is 3.37. The molecule has 4 heterocycles. The summed E-state index contributed by atoms with van der Waals surface area (Å²) >= 11 is 3.45. The molecule has 0 N–H and O–H groups in total. The quantitative estimate of drug-likeness (QED) is 0.792. The van der Waals surface area contributed by atoms with Crippen molar-refractivity contribution in [3.63, 3.8) is 0 Å². The molecule has 0 aliphatic carbocycles. The molecule has 26 heavy (non-hydrogen) atoms. The molecule has 0 radical (unpaired) electrons. The minimum atomic E-state index is -0.310. The van der Waals surface area contributed by atoms with Gasteiger partial charge in [0.15, 0.2) is 0 Å². The van der Waals surface area contributed by atoms with Crippen molar-refractivity contribution in [1.82, 2.24) is 14.8 Å². The van der Waals surface area contributed by atoms with Crippen molar-refractivity contribution in [2.24, 2.45) is 0 Å². The van der Waals surface area contributed by atoms with Gasteiger partial charge in [0, 0.05) is 18.7 Å². The monoisotopic (exact) mass is 387 g/mol. The van der Waals surface area contributed by atoms with Crippen molar-refractivity contribution in [3.05, 3.63) is 29.3 Å². The third-order valence-corrected chi connectivity index (χ3v) is 8.50. The standard InChI is InChI=1S/C19H21N3O2S2/c1-19-9-8-16(23)22(19)14(11-25-19)18(24)21-10-4-6-13(21)17-20-12-5-2-3-7-15(12)26-17/h2-3,5,7,13-14H,4,6,8-11H2,1H3. The van der Waals surface area contributed by atoms with E-state index >= 15 is 0 Å². The van der Waals surface area contributed by atoms with Gasteiger partial charge in [0.2, 0.25) is 11.8 Å². The highest BCUT2D eigenvalue weighted by molar-refractivity contribution is 8.01. The van der Waals surface area contributed by atoms with Crippen molar-refractivity contribution in [3.8, 4) is 0 Å². The maximum Gasteiger partial charge on any atom is 0.246 e. The molecule has 3 unspecified atom stereocenters. The number of aromatic nitrogens is 1. The molecule has 3 aliphatic rings. The first-order valence-corrected chi connectivity index (χ1v) is 11.0. The first-order valence-electron chi connectivity index (χ1n) is 9.19. The summed E-state index contributed by atoms with van der Waals surface area (Å²) < 4.78 is 1.17. The molecule has 2 amide bonds. The van der Waals surface area contributed by atoms with Gasteiger partial charge in [-0.15, -0.1) is 23.1 Å². The van der Waals surface area contributed by atoms with Crippen molar-refractivity contribution in [1.29, 1.82) is 0 Å². The van der Waals surface area contributed by atoms with E-state index in [9.17, 15) is 9.59 Å². The first kappa shape index (κ1) is 16.6. The zero-order valence-corrected chi connectivity index (χ0v) is 16.3. The lowest BCUT2D eigenvalue weighted by molar-refractivity contribution is -0.144. The highest BCUT2D eigenvalue weighted by Crippen LogP contribution is 2.48. The Morgan fingerprint density at radius 3 is 3.04 bits per heavy atom. The fourth-order valence-electron chi connectivity index (χ4n) is 4.51. The molecule has 2 aromatic rings. The van der Waals surface area contributed by atoms with E-state index < -0.39 is 0 Å². The summed E-state index contributed by atoms with van der Waals surface area (Å²) in [5, 5.41) is 1.03. The Labute approximate surface area is 160 Å². The van der Waals surface area contributed by atoms with E-state index in [1.807, 2.05) is 28.0 Å². The highest BCUT2D eigenvalue weighted by Gasteiger charge is 2.54. The van der Waals surface area contributed by atoms with Gasteiger partial charge in [-0.25, -0.2) is 4.98 Å². The van der Waals surface area contributed by atoms with Crippen molar-refractivity contribution >= 4 is 45.1 Å². The first-order chi connectivity index (χ1) is 12.6. The Morgan fingerprint density at radius 1 is 1.35 bits per heavy atom. The number of nitrogens with zero attached hydrogens (tertiary/aromatic N) is 3. The van der Waals surface area contributed by atoms with Gasteiger partial charge in [0.1, 0.15) is 11.0 Å². The van der Waals surface area contributed by atoms with Crippen molar-refractivity contribution in [2.75, 3.05) is 12.3 Å². The van der Waals surface area contributed by atoms with Gasteiger partial charge in [0.05, 0.1) is 21.1 Å². The van der Waals surface area contributed by atoms with Gasteiger partial charge in [0.25, 0.3) is 0 Å². The molecule has 3 saturated heterocycles. The number of para-hydroxylation sites is 1. The molecule has 7 heteroatoms. The van der Waals surface area contributed by atoms with Gasteiger partial charge in [-0.2, -0.15) is 0 Å². The molecule has 5 rings (SSSR count). The average Bonchev–Trinajstić information content (AvgIpc) is 3.37. The number of carbonyl (C=O) groups excluding carboxylic acids is 2. The highest BCUT2D eigenvalue weighted by atomic mass is 32.2. The SMILES string of the molecule is CC12CCC(=O)N1C(C(=O)N1CCCC1c1nc3ccccc3s1)CS2. The summed E-state index contributed by atoms with van der Waals surface area (Å²) in [6, 6.07) is 7.87. The Morgan fingerprint density at radius 2 is 2.19 bits per heavy atom. The fraction of sp³-hybridized carbons (Fsp3) is 0.526.